The first-order chi connectivity index (χ1) is 18.5. The number of nitrogens with zero attached hydrogens (tertiary/aromatic N) is 2. The minimum atomic E-state index is -0.205. The maximum absolute atomic E-state index is 13.9. The Kier molecular flexibility index (Phi) is 5.84. The molecule has 5 aromatic rings. The third-order valence-electron chi connectivity index (χ3n) is 7.07. The lowest BCUT2D eigenvalue weighted by Crippen LogP contribution is -2.38. The van der Waals surface area contributed by atoms with Crippen LogP contribution in [0.15, 0.2) is 109 Å². The molecule has 2 aliphatic rings. The van der Waals surface area contributed by atoms with E-state index in [0.717, 1.165) is 39.7 Å². The predicted molar refractivity (Wildman–Crippen MR) is 156 cm³/mol. The predicted octanol–water partition coefficient (Wildman–Crippen LogP) is 6.99. The number of aryl methyl sites for hydroxylation is 1. The number of thiazole rings is 1. The van der Waals surface area contributed by atoms with Gasteiger partial charge in [-0.3, -0.25) is 9.36 Å². The molecule has 2 aromatic heterocycles. The lowest BCUT2D eigenvalue weighted by molar-refractivity contribution is 0.570. The zero-order valence-corrected chi connectivity index (χ0v) is 23.2. The summed E-state index contributed by atoms with van der Waals surface area (Å²) < 4.78 is 9.53. The lowest BCUT2D eigenvalue weighted by atomic mass is 9.83. The van der Waals surface area contributed by atoms with Gasteiger partial charge in [0.15, 0.2) is 4.80 Å². The largest absolute Gasteiger partial charge is 0.457 e. The molecule has 0 radical (unpaired) electrons. The average molecular weight is 600 g/mol. The van der Waals surface area contributed by atoms with Crippen LogP contribution in [0.4, 0.5) is 0 Å². The summed E-state index contributed by atoms with van der Waals surface area (Å²) in [4.78, 5) is 19.7. The molecule has 186 valence electrons. The minimum absolute atomic E-state index is 0.0622. The van der Waals surface area contributed by atoms with Gasteiger partial charge in [0.05, 0.1) is 16.3 Å². The SMILES string of the molecule is O=c1/c(=C\c2ccc(-c3cccc(Cl)c3)o2)sc2n1[C@H](c1ccc(Br)cc1)C1=C(N=2)c2ccccc2CC1. The first-order valence-corrected chi connectivity index (χ1v) is 14.3. The van der Waals surface area contributed by atoms with E-state index < -0.39 is 0 Å². The molecule has 0 spiro atoms. The van der Waals surface area contributed by atoms with E-state index in [1.807, 2.05) is 59.2 Å². The lowest BCUT2D eigenvalue weighted by Gasteiger charge is -2.30. The van der Waals surface area contributed by atoms with Gasteiger partial charge in [-0.1, -0.05) is 87.4 Å². The van der Waals surface area contributed by atoms with Crippen molar-refractivity contribution < 1.29 is 4.42 Å². The van der Waals surface area contributed by atoms with Crippen molar-refractivity contribution >= 4 is 50.6 Å². The Morgan fingerprint density at radius 1 is 1.00 bits per heavy atom. The van der Waals surface area contributed by atoms with Gasteiger partial charge in [0, 0.05) is 26.7 Å². The zero-order valence-electron chi connectivity index (χ0n) is 20.0. The highest BCUT2D eigenvalue weighted by molar-refractivity contribution is 9.10. The van der Waals surface area contributed by atoms with Crippen LogP contribution in [-0.4, -0.2) is 4.57 Å². The molecule has 0 bridgehead atoms. The highest BCUT2D eigenvalue weighted by Gasteiger charge is 2.32. The number of hydrogen-bond acceptors (Lipinski definition) is 4. The third kappa shape index (κ3) is 4.04. The van der Waals surface area contributed by atoms with Crippen molar-refractivity contribution in [2.45, 2.75) is 18.9 Å². The number of fused-ring (bicyclic) bond motifs is 3. The molecule has 4 nitrogen and oxygen atoms in total. The number of allylic oxidation sites excluding steroid dienone is 1. The molecule has 1 aliphatic heterocycles. The normalized spacial score (nSPS) is 16.6. The molecule has 0 N–H and O–H groups in total. The van der Waals surface area contributed by atoms with Gasteiger partial charge < -0.3 is 4.42 Å². The van der Waals surface area contributed by atoms with Gasteiger partial charge in [0.25, 0.3) is 5.56 Å². The van der Waals surface area contributed by atoms with Crippen molar-refractivity contribution in [3.05, 3.63) is 142 Å². The monoisotopic (exact) mass is 598 g/mol. The number of benzene rings is 3. The molecular weight excluding hydrogens is 580 g/mol. The van der Waals surface area contributed by atoms with Crippen molar-refractivity contribution in [3.63, 3.8) is 0 Å². The van der Waals surface area contributed by atoms with Crippen LogP contribution < -0.4 is 14.9 Å². The third-order valence-corrected chi connectivity index (χ3v) is 8.81. The summed E-state index contributed by atoms with van der Waals surface area (Å²) in [6.45, 7) is 0. The van der Waals surface area contributed by atoms with Crippen LogP contribution in [0, 0.1) is 0 Å². The molecule has 0 unspecified atom stereocenters. The van der Waals surface area contributed by atoms with Crippen molar-refractivity contribution in [3.8, 4) is 11.3 Å². The molecule has 3 heterocycles. The summed E-state index contributed by atoms with van der Waals surface area (Å²) in [5, 5.41) is 0.646. The number of rotatable bonds is 3. The van der Waals surface area contributed by atoms with E-state index in [4.69, 9.17) is 21.0 Å². The average Bonchev–Trinajstić information content (AvgIpc) is 3.52. The van der Waals surface area contributed by atoms with E-state index in [-0.39, 0.29) is 11.6 Å². The number of halogens is 2. The van der Waals surface area contributed by atoms with Gasteiger partial charge in [-0.2, -0.15) is 0 Å². The fourth-order valence-corrected chi connectivity index (χ4v) is 6.76. The fourth-order valence-electron chi connectivity index (χ4n) is 5.32. The summed E-state index contributed by atoms with van der Waals surface area (Å²) in [5.74, 6) is 1.31. The topological polar surface area (TPSA) is 47.5 Å². The molecule has 3 aromatic carbocycles. The Labute approximate surface area is 236 Å². The van der Waals surface area contributed by atoms with Gasteiger partial charge in [-0.05, 0) is 65.9 Å². The molecule has 1 aliphatic carbocycles. The van der Waals surface area contributed by atoms with Crippen LogP contribution in [-0.2, 0) is 6.42 Å². The quantitative estimate of drug-likeness (QED) is 0.224. The first-order valence-electron chi connectivity index (χ1n) is 12.3. The van der Waals surface area contributed by atoms with Gasteiger partial charge in [-0.25, -0.2) is 4.99 Å². The smallest absolute Gasteiger partial charge is 0.271 e. The van der Waals surface area contributed by atoms with E-state index >= 15 is 0 Å². The van der Waals surface area contributed by atoms with Gasteiger partial charge >= 0.3 is 0 Å². The molecular formula is C31H20BrClN2O2S. The Morgan fingerprint density at radius 2 is 1.84 bits per heavy atom. The van der Waals surface area contributed by atoms with Crippen molar-refractivity contribution in [2.24, 2.45) is 4.99 Å². The van der Waals surface area contributed by atoms with E-state index in [1.165, 1.54) is 22.5 Å². The zero-order chi connectivity index (χ0) is 25.8. The second-order valence-corrected chi connectivity index (χ2v) is 11.7. The van der Waals surface area contributed by atoms with Gasteiger partial charge in [0.1, 0.15) is 11.5 Å². The molecule has 38 heavy (non-hydrogen) atoms. The Hall–Kier alpha value is -3.45. The van der Waals surface area contributed by atoms with Crippen LogP contribution in [0.3, 0.4) is 0 Å². The summed E-state index contributed by atoms with van der Waals surface area (Å²) in [5.41, 5.74) is 6.54. The Morgan fingerprint density at radius 3 is 2.68 bits per heavy atom. The maximum atomic E-state index is 13.9. The summed E-state index contributed by atoms with van der Waals surface area (Å²) in [7, 11) is 0. The minimum Gasteiger partial charge on any atom is -0.457 e. The second kappa shape index (κ2) is 9.38. The van der Waals surface area contributed by atoms with Gasteiger partial charge in [0.2, 0.25) is 0 Å². The van der Waals surface area contributed by atoms with E-state index in [0.29, 0.717) is 25.9 Å². The van der Waals surface area contributed by atoms with Crippen molar-refractivity contribution in [1.29, 1.82) is 0 Å². The van der Waals surface area contributed by atoms with Crippen LogP contribution in [0.25, 0.3) is 23.1 Å². The van der Waals surface area contributed by atoms with Crippen LogP contribution in [0.5, 0.6) is 0 Å². The van der Waals surface area contributed by atoms with E-state index in [9.17, 15) is 4.79 Å². The highest BCUT2D eigenvalue weighted by atomic mass is 79.9. The molecule has 0 fully saturated rings. The van der Waals surface area contributed by atoms with Crippen molar-refractivity contribution in [2.75, 3.05) is 0 Å². The number of aromatic nitrogens is 1. The fraction of sp³-hybridized carbons (Fsp3) is 0.0968. The molecule has 0 amide bonds. The molecule has 7 heteroatoms. The number of hydrogen-bond donors (Lipinski definition) is 0. The van der Waals surface area contributed by atoms with E-state index in [1.54, 1.807) is 0 Å². The summed E-state index contributed by atoms with van der Waals surface area (Å²) in [6, 6.07) is 27.8. The van der Waals surface area contributed by atoms with Gasteiger partial charge in [-0.15, -0.1) is 0 Å². The molecule has 1 atom stereocenters. The summed E-state index contributed by atoms with van der Waals surface area (Å²) in [6.07, 6.45) is 3.61. The Balaban J connectivity index is 1.40. The molecule has 7 rings (SSSR count). The van der Waals surface area contributed by atoms with Crippen LogP contribution in [0.2, 0.25) is 5.02 Å². The first kappa shape index (κ1) is 23.7. The van der Waals surface area contributed by atoms with Crippen LogP contribution >= 0.6 is 38.9 Å². The number of furan rings is 1. The van der Waals surface area contributed by atoms with E-state index in [2.05, 4.69) is 52.3 Å². The van der Waals surface area contributed by atoms with Crippen LogP contribution in [0.1, 0.15) is 34.9 Å². The second-order valence-electron chi connectivity index (χ2n) is 9.38. The van der Waals surface area contributed by atoms with Crippen molar-refractivity contribution in [1.82, 2.24) is 4.57 Å². The molecule has 0 saturated heterocycles. The maximum Gasteiger partial charge on any atom is 0.271 e. The standard InChI is InChI=1S/C31H20BrClN2O2S/c32-21-11-8-19(9-12-21)29-25-14-10-18-4-1-2-7-24(18)28(25)34-31-35(29)30(36)27(38-31)17-23-13-15-26(37-23)20-5-3-6-22(33)16-20/h1-9,11-13,15-17,29H,10,14H2/b27-17+/t29-/m1/s1. The molecule has 0 saturated carbocycles. The Bertz CT molecular complexity index is 1930. The highest BCUT2D eigenvalue weighted by Crippen LogP contribution is 2.41. The summed E-state index contributed by atoms with van der Waals surface area (Å²) >= 11 is 11.1.